The Labute approximate surface area is 154 Å². The minimum Gasteiger partial charge on any atom is -0.497 e. The number of hydrazone groups is 1. The molecule has 132 valence electrons. The quantitative estimate of drug-likeness (QED) is 0.565. The van der Waals surface area contributed by atoms with E-state index in [-0.39, 0.29) is 12.5 Å². The van der Waals surface area contributed by atoms with E-state index in [1.807, 2.05) is 18.2 Å². The minimum atomic E-state index is -0.352. The van der Waals surface area contributed by atoms with Crippen molar-refractivity contribution in [1.82, 2.24) is 5.43 Å². The van der Waals surface area contributed by atoms with Crippen molar-refractivity contribution >= 4 is 27.5 Å². The second-order valence-electron chi connectivity index (χ2n) is 5.04. The van der Waals surface area contributed by atoms with E-state index in [0.717, 1.165) is 10.0 Å². The summed E-state index contributed by atoms with van der Waals surface area (Å²) in [7, 11) is 3.15. The zero-order valence-electron chi connectivity index (χ0n) is 14.2. The first-order valence-corrected chi connectivity index (χ1v) is 8.26. The predicted octanol–water partition coefficient (Wildman–Crippen LogP) is 3.39. The molecule has 1 amide bonds. The number of benzene rings is 2. The molecular formula is C18H19BrN2O4. The molecule has 0 fully saturated rings. The van der Waals surface area contributed by atoms with Gasteiger partial charge in [-0.15, -0.1) is 0 Å². The Morgan fingerprint density at radius 1 is 1.08 bits per heavy atom. The van der Waals surface area contributed by atoms with Gasteiger partial charge in [0.05, 0.1) is 19.9 Å². The van der Waals surface area contributed by atoms with E-state index in [9.17, 15) is 4.79 Å². The van der Waals surface area contributed by atoms with Gasteiger partial charge < -0.3 is 14.2 Å². The molecule has 0 aliphatic carbocycles. The maximum atomic E-state index is 11.9. The molecule has 0 aliphatic heterocycles. The van der Waals surface area contributed by atoms with Gasteiger partial charge in [0.1, 0.15) is 17.2 Å². The van der Waals surface area contributed by atoms with Crippen molar-refractivity contribution in [2.24, 2.45) is 5.10 Å². The Hall–Kier alpha value is -2.54. The van der Waals surface area contributed by atoms with Gasteiger partial charge in [-0.2, -0.15) is 5.10 Å². The van der Waals surface area contributed by atoms with Crippen molar-refractivity contribution in [1.29, 1.82) is 0 Å². The van der Waals surface area contributed by atoms with Gasteiger partial charge in [-0.3, -0.25) is 4.79 Å². The Balaban J connectivity index is 1.96. The number of halogens is 1. The van der Waals surface area contributed by atoms with Crippen LogP contribution in [0.3, 0.4) is 0 Å². The number of nitrogens with one attached hydrogen (secondary N) is 1. The smallest absolute Gasteiger partial charge is 0.277 e. The van der Waals surface area contributed by atoms with Gasteiger partial charge >= 0.3 is 0 Å². The summed E-state index contributed by atoms with van der Waals surface area (Å²) in [6.07, 6.45) is 0. The van der Waals surface area contributed by atoms with Crippen LogP contribution in [0.25, 0.3) is 0 Å². The fourth-order valence-electron chi connectivity index (χ4n) is 2.02. The van der Waals surface area contributed by atoms with Crippen LogP contribution >= 0.6 is 15.9 Å². The van der Waals surface area contributed by atoms with Crippen LogP contribution in [0.4, 0.5) is 0 Å². The summed E-state index contributed by atoms with van der Waals surface area (Å²) >= 11 is 3.34. The van der Waals surface area contributed by atoms with Crippen LogP contribution in [0, 0.1) is 0 Å². The normalized spacial score (nSPS) is 11.0. The largest absolute Gasteiger partial charge is 0.497 e. The molecule has 0 bridgehead atoms. The molecule has 0 spiro atoms. The first-order chi connectivity index (χ1) is 12.0. The van der Waals surface area contributed by atoms with Gasteiger partial charge in [-0.05, 0) is 43.3 Å². The third kappa shape index (κ3) is 5.49. The lowest BCUT2D eigenvalue weighted by Crippen LogP contribution is -2.25. The second kappa shape index (κ2) is 9.08. The SMILES string of the molecule is COc1ccc(C(C)=NNC(=O)COc2ccc(Br)cc2)c(OC)c1. The third-order valence-corrected chi connectivity index (χ3v) is 3.86. The Morgan fingerprint density at radius 3 is 2.40 bits per heavy atom. The number of methoxy groups -OCH3 is 2. The second-order valence-corrected chi connectivity index (χ2v) is 5.96. The monoisotopic (exact) mass is 406 g/mol. The van der Waals surface area contributed by atoms with E-state index in [4.69, 9.17) is 14.2 Å². The lowest BCUT2D eigenvalue weighted by atomic mass is 10.1. The molecule has 0 saturated carbocycles. The zero-order chi connectivity index (χ0) is 18.2. The van der Waals surface area contributed by atoms with Gasteiger partial charge in [0.25, 0.3) is 5.91 Å². The highest BCUT2D eigenvalue weighted by atomic mass is 79.9. The summed E-state index contributed by atoms with van der Waals surface area (Å²) in [6, 6.07) is 12.6. The van der Waals surface area contributed by atoms with E-state index < -0.39 is 0 Å². The van der Waals surface area contributed by atoms with E-state index in [0.29, 0.717) is 23.0 Å². The van der Waals surface area contributed by atoms with Crippen molar-refractivity contribution in [3.8, 4) is 17.2 Å². The van der Waals surface area contributed by atoms with E-state index in [1.54, 1.807) is 45.4 Å². The van der Waals surface area contributed by atoms with Crippen molar-refractivity contribution in [2.45, 2.75) is 6.92 Å². The number of rotatable bonds is 7. The Bertz CT molecular complexity index is 760. The first kappa shape index (κ1) is 18.8. The van der Waals surface area contributed by atoms with E-state index in [2.05, 4.69) is 26.5 Å². The summed E-state index contributed by atoms with van der Waals surface area (Å²) < 4.78 is 16.8. The maximum Gasteiger partial charge on any atom is 0.277 e. The maximum absolute atomic E-state index is 11.9. The highest BCUT2D eigenvalue weighted by Crippen LogP contribution is 2.25. The summed E-state index contributed by atoms with van der Waals surface area (Å²) in [5.74, 6) is 1.55. The molecule has 0 saturated heterocycles. The topological polar surface area (TPSA) is 69.2 Å². The van der Waals surface area contributed by atoms with Crippen LogP contribution in [-0.2, 0) is 4.79 Å². The summed E-state index contributed by atoms with van der Waals surface area (Å²) in [5.41, 5.74) is 3.84. The number of amides is 1. The predicted molar refractivity (Wildman–Crippen MR) is 99.5 cm³/mol. The zero-order valence-corrected chi connectivity index (χ0v) is 15.8. The Morgan fingerprint density at radius 2 is 1.76 bits per heavy atom. The van der Waals surface area contributed by atoms with Gasteiger partial charge in [-0.1, -0.05) is 15.9 Å². The molecule has 2 rings (SSSR count). The molecule has 1 N–H and O–H groups in total. The van der Waals surface area contributed by atoms with E-state index in [1.165, 1.54) is 0 Å². The summed E-state index contributed by atoms with van der Waals surface area (Å²) in [6.45, 7) is 1.65. The van der Waals surface area contributed by atoms with Crippen molar-refractivity contribution in [3.63, 3.8) is 0 Å². The molecule has 0 heterocycles. The number of carbonyl (C=O) groups is 1. The number of nitrogens with zero attached hydrogens (tertiary/aromatic N) is 1. The van der Waals surface area contributed by atoms with Gasteiger partial charge in [0.15, 0.2) is 6.61 Å². The van der Waals surface area contributed by atoms with Crippen molar-refractivity contribution in [2.75, 3.05) is 20.8 Å². The van der Waals surface area contributed by atoms with Gasteiger partial charge in [-0.25, -0.2) is 5.43 Å². The van der Waals surface area contributed by atoms with E-state index >= 15 is 0 Å². The van der Waals surface area contributed by atoms with Crippen molar-refractivity contribution in [3.05, 3.63) is 52.5 Å². The molecule has 0 aromatic heterocycles. The fraction of sp³-hybridized carbons (Fsp3) is 0.222. The number of hydrogen-bond donors (Lipinski definition) is 1. The summed E-state index contributed by atoms with van der Waals surface area (Å²) in [5, 5.41) is 4.09. The average molecular weight is 407 g/mol. The molecule has 0 atom stereocenters. The van der Waals surface area contributed by atoms with Gasteiger partial charge in [0.2, 0.25) is 0 Å². The number of ether oxygens (including phenoxy) is 3. The lowest BCUT2D eigenvalue weighted by Gasteiger charge is -2.10. The van der Waals surface area contributed by atoms with Crippen LogP contribution in [0.5, 0.6) is 17.2 Å². The highest BCUT2D eigenvalue weighted by molar-refractivity contribution is 9.10. The van der Waals surface area contributed by atoms with Crippen LogP contribution in [0.2, 0.25) is 0 Å². The van der Waals surface area contributed by atoms with Crippen LogP contribution in [0.1, 0.15) is 12.5 Å². The molecule has 0 unspecified atom stereocenters. The van der Waals surface area contributed by atoms with Crippen LogP contribution in [0.15, 0.2) is 52.0 Å². The summed E-state index contributed by atoms with van der Waals surface area (Å²) in [4.78, 5) is 11.9. The average Bonchev–Trinajstić information content (AvgIpc) is 2.65. The third-order valence-electron chi connectivity index (χ3n) is 3.33. The highest BCUT2D eigenvalue weighted by Gasteiger charge is 2.09. The number of hydrogen-bond acceptors (Lipinski definition) is 5. The van der Waals surface area contributed by atoms with Crippen LogP contribution in [-0.4, -0.2) is 32.4 Å². The van der Waals surface area contributed by atoms with Gasteiger partial charge in [0, 0.05) is 16.1 Å². The van der Waals surface area contributed by atoms with Crippen molar-refractivity contribution < 1.29 is 19.0 Å². The van der Waals surface area contributed by atoms with Crippen LogP contribution < -0.4 is 19.6 Å². The number of carbonyl (C=O) groups excluding carboxylic acids is 1. The molecular weight excluding hydrogens is 388 g/mol. The standard InChI is InChI=1S/C18H19BrN2O4/c1-12(16-9-8-15(23-2)10-17(16)24-3)20-21-18(22)11-25-14-6-4-13(19)5-7-14/h4-10H,11H2,1-3H3,(H,21,22). The molecule has 2 aromatic rings. The molecule has 25 heavy (non-hydrogen) atoms. The molecule has 6 nitrogen and oxygen atoms in total. The first-order valence-electron chi connectivity index (χ1n) is 7.47. The molecule has 0 radical (unpaired) electrons. The lowest BCUT2D eigenvalue weighted by molar-refractivity contribution is -0.123. The minimum absolute atomic E-state index is 0.127. The molecule has 2 aromatic carbocycles. The molecule has 0 aliphatic rings. The Kier molecular flexibility index (Phi) is 6.82. The molecule has 7 heteroatoms. The fourth-order valence-corrected chi connectivity index (χ4v) is 2.28.